The van der Waals surface area contributed by atoms with Gasteiger partial charge in [0.15, 0.2) is 12.9 Å². The Kier molecular flexibility index (Phi) is 4.26. The number of carbonyl (C=O) groups excluding carboxylic acids is 2. The first-order valence-electron chi connectivity index (χ1n) is 5.26. The molecule has 0 bridgehead atoms. The van der Waals surface area contributed by atoms with E-state index in [-0.39, 0.29) is 6.61 Å². The predicted octanol–water partition coefficient (Wildman–Crippen LogP) is 1.98. The highest BCUT2D eigenvalue weighted by Crippen LogP contribution is 2.28. The third-order valence-corrected chi connectivity index (χ3v) is 2.64. The number of hydrogen-bond donors (Lipinski definition) is 0. The summed E-state index contributed by atoms with van der Waals surface area (Å²) >= 11 is 0. The minimum Gasteiger partial charge on any atom is -0.481 e. The Hall–Kier alpha value is -1.84. The van der Waals surface area contributed by atoms with Crippen molar-refractivity contribution in [3.05, 3.63) is 28.3 Å². The van der Waals surface area contributed by atoms with Crippen LogP contribution in [0, 0.1) is 20.8 Å². The first kappa shape index (κ1) is 13.2. The maximum atomic E-state index is 11.0. The topological polar surface area (TPSA) is 52.6 Å². The van der Waals surface area contributed by atoms with Gasteiger partial charge >= 0.3 is 5.97 Å². The SMILES string of the molecule is COC(=O)COc1c(C)cc(C)c(C=O)c1C. The van der Waals surface area contributed by atoms with Gasteiger partial charge in [0, 0.05) is 11.1 Å². The zero-order chi connectivity index (χ0) is 13.0. The highest BCUT2D eigenvalue weighted by atomic mass is 16.6. The van der Waals surface area contributed by atoms with E-state index in [0.29, 0.717) is 11.3 Å². The third kappa shape index (κ3) is 2.84. The monoisotopic (exact) mass is 236 g/mol. The lowest BCUT2D eigenvalue weighted by atomic mass is 9.99. The van der Waals surface area contributed by atoms with Crippen molar-refractivity contribution in [3.63, 3.8) is 0 Å². The minimum absolute atomic E-state index is 0.153. The Morgan fingerprint density at radius 3 is 2.47 bits per heavy atom. The molecule has 0 aliphatic rings. The molecule has 0 N–H and O–H groups in total. The van der Waals surface area contributed by atoms with Gasteiger partial charge < -0.3 is 9.47 Å². The first-order valence-corrected chi connectivity index (χ1v) is 5.26. The molecule has 1 aromatic rings. The van der Waals surface area contributed by atoms with Gasteiger partial charge in [0.05, 0.1) is 7.11 Å². The third-order valence-electron chi connectivity index (χ3n) is 2.64. The van der Waals surface area contributed by atoms with E-state index in [9.17, 15) is 9.59 Å². The largest absolute Gasteiger partial charge is 0.481 e. The molecule has 4 nitrogen and oxygen atoms in total. The fraction of sp³-hybridized carbons (Fsp3) is 0.385. The molecule has 0 fully saturated rings. The van der Waals surface area contributed by atoms with E-state index < -0.39 is 5.97 Å². The molecule has 0 heterocycles. The summed E-state index contributed by atoms with van der Waals surface area (Å²) in [5.41, 5.74) is 3.16. The van der Waals surface area contributed by atoms with Crippen molar-refractivity contribution in [1.82, 2.24) is 0 Å². The molecule has 0 aromatic heterocycles. The molecule has 0 saturated heterocycles. The Morgan fingerprint density at radius 1 is 1.29 bits per heavy atom. The molecular weight excluding hydrogens is 220 g/mol. The lowest BCUT2D eigenvalue weighted by Gasteiger charge is -2.14. The number of esters is 1. The van der Waals surface area contributed by atoms with Crippen LogP contribution in [0.25, 0.3) is 0 Å². The summed E-state index contributed by atoms with van der Waals surface area (Å²) in [5.74, 6) is 0.125. The average molecular weight is 236 g/mol. The normalized spacial score (nSPS) is 9.88. The van der Waals surface area contributed by atoms with E-state index in [1.54, 1.807) is 6.92 Å². The molecule has 4 heteroatoms. The van der Waals surface area contributed by atoms with Gasteiger partial charge in [-0.05, 0) is 31.9 Å². The fourth-order valence-corrected chi connectivity index (χ4v) is 1.78. The zero-order valence-electron chi connectivity index (χ0n) is 10.5. The van der Waals surface area contributed by atoms with Crippen LogP contribution in [0.1, 0.15) is 27.0 Å². The van der Waals surface area contributed by atoms with Crippen LogP contribution < -0.4 is 4.74 Å². The van der Waals surface area contributed by atoms with Gasteiger partial charge in [-0.25, -0.2) is 4.79 Å². The molecule has 0 unspecified atom stereocenters. The highest BCUT2D eigenvalue weighted by molar-refractivity contribution is 5.81. The maximum Gasteiger partial charge on any atom is 0.343 e. The minimum atomic E-state index is -0.447. The van der Waals surface area contributed by atoms with Gasteiger partial charge in [0.25, 0.3) is 0 Å². The lowest BCUT2D eigenvalue weighted by Crippen LogP contribution is -2.14. The molecule has 0 atom stereocenters. The molecule has 92 valence electrons. The molecule has 17 heavy (non-hydrogen) atoms. The molecule has 1 rings (SSSR count). The summed E-state index contributed by atoms with van der Waals surface area (Å²) in [7, 11) is 1.30. The molecular formula is C13H16O4. The van der Waals surface area contributed by atoms with Crippen molar-refractivity contribution in [2.45, 2.75) is 20.8 Å². The molecule has 0 saturated carbocycles. The zero-order valence-corrected chi connectivity index (χ0v) is 10.5. The first-order chi connectivity index (χ1) is 8.01. The van der Waals surface area contributed by atoms with Crippen LogP contribution in [0.2, 0.25) is 0 Å². The highest BCUT2D eigenvalue weighted by Gasteiger charge is 2.13. The lowest BCUT2D eigenvalue weighted by molar-refractivity contribution is -0.142. The van der Waals surface area contributed by atoms with E-state index in [0.717, 1.165) is 23.0 Å². The Labute approximate surface area is 101 Å². The summed E-state index contributed by atoms with van der Waals surface area (Å²) in [6.45, 7) is 5.39. The number of rotatable bonds is 4. The maximum absolute atomic E-state index is 11.0. The summed E-state index contributed by atoms with van der Waals surface area (Å²) < 4.78 is 9.88. The van der Waals surface area contributed by atoms with E-state index in [1.165, 1.54) is 7.11 Å². The van der Waals surface area contributed by atoms with Crippen molar-refractivity contribution in [2.75, 3.05) is 13.7 Å². The predicted molar refractivity (Wildman–Crippen MR) is 63.6 cm³/mol. The molecule has 0 radical (unpaired) electrons. The van der Waals surface area contributed by atoms with Gasteiger partial charge in [-0.1, -0.05) is 6.07 Å². The Morgan fingerprint density at radius 2 is 1.94 bits per heavy atom. The summed E-state index contributed by atoms with van der Waals surface area (Å²) in [6.07, 6.45) is 0.801. The molecule has 0 amide bonds. The fourth-order valence-electron chi connectivity index (χ4n) is 1.78. The molecule has 0 aliphatic heterocycles. The summed E-state index contributed by atoms with van der Waals surface area (Å²) in [6, 6.07) is 1.86. The van der Waals surface area contributed by atoms with Crippen LogP contribution in [0.5, 0.6) is 5.75 Å². The van der Waals surface area contributed by atoms with E-state index >= 15 is 0 Å². The molecule has 0 aliphatic carbocycles. The van der Waals surface area contributed by atoms with Crippen molar-refractivity contribution in [3.8, 4) is 5.75 Å². The Balaban J connectivity index is 3.07. The van der Waals surface area contributed by atoms with Gasteiger partial charge in [-0.3, -0.25) is 4.79 Å². The van der Waals surface area contributed by atoms with Crippen molar-refractivity contribution in [1.29, 1.82) is 0 Å². The second kappa shape index (κ2) is 5.48. The van der Waals surface area contributed by atoms with E-state index in [4.69, 9.17) is 4.74 Å². The van der Waals surface area contributed by atoms with Crippen LogP contribution in [-0.4, -0.2) is 26.0 Å². The number of aryl methyl sites for hydroxylation is 2. The second-order valence-corrected chi connectivity index (χ2v) is 3.86. The van der Waals surface area contributed by atoms with Gasteiger partial charge in [-0.2, -0.15) is 0 Å². The van der Waals surface area contributed by atoms with Crippen molar-refractivity contribution in [2.24, 2.45) is 0 Å². The van der Waals surface area contributed by atoms with E-state index in [2.05, 4.69) is 4.74 Å². The second-order valence-electron chi connectivity index (χ2n) is 3.86. The number of hydrogen-bond acceptors (Lipinski definition) is 4. The summed E-state index contributed by atoms with van der Waals surface area (Å²) in [4.78, 5) is 22.0. The molecule has 0 spiro atoms. The number of aldehydes is 1. The van der Waals surface area contributed by atoms with E-state index in [1.807, 2.05) is 19.9 Å². The smallest absolute Gasteiger partial charge is 0.343 e. The van der Waals surface area contributed by atoms with Crippen molar-refractivity contribution < 1.29 is 19.1 Å². The van der Waals surface area contributed by atoms with Gasteiger partial charge in [-0.15, -0.1) is 0 Å². The number of ether oxygens (including phenoxy) is 2. The summed E-state index contributed by atoms with van der Waals surface area (Å²) in [5, 5.41) is 0. The van der Waals surface area contributed by atoms with Gasteiger partial charge in [0.1, 0.15) is 5.75 Å². The molecule has 1 aromatic carbocycles. The van der Waals surface area contributed by atoms with Crippen LogP contribution >= 0.6 is 0 Å². The average Bonchev–Trinajstić information content (AvgIpc) is 2.28. The van der Waals surface area contributed by atoms with Crippen LogP contribution in [0.4, 0.5) is 0 Å². The van der Waals surface area contributed by atoms with Gasteiger partial charge in [0.2, 0.25) is 0 Å². The number of benzene rings is 1. The van der Waals surface area contributed by atoms with Crippen LogP contribution in [0.3, 0.4) is 0 Å². The van der Waals surface area contributed by atoms with Crippen molar-refractivity contribution >= 4 is 12.3 Å². The Bertz CT molecular complexity index is 449. The quantitative estimate of drug-likeness (QED) is 0.592. The number of carbonyl (C=O) groups is 2. The standard InChI is InChI=1S/C13H16O4/c1-8-5-9(2)13(10(3)11(8)6-14)17-7-12(15)16-4/h5-6H,7H2,1-4H3. The van der Waals surface area contributed by atoms with Crippen LogP contribution in [-0.2, 0) is 9.53 Å². The number of methoxy groups -OCH3 is 1. The van der Waals surface area contributed by atoms with Crippen LogP contribution in [0.15, 0.2) is 6.07 Å².